The topological polar surface area (TPSA) is 112 Å². The number of hydrogen-bond donors (Lipinski definition) is 4. The molecule has 1 aliphatic heterocycles. The summed E-state index contributed by atoms with van der Waals surface area (Å²) in [7, 11) is 0. The Hall–Kier alpha value is -2.80. The second-order valence-corrected chi connectivity index (χ2v) is 4.80. The summed E-state index contributed by atoms with van der Waals surface area (Å²) >= 11 is 0. The smallest absolute Gasteiger partial charge is 0.354 e. The molecule has 7 heteroatoms. The zero-order valence-corrected chi connectivity index (χ0v) is 10.8. The molecule has 1 aromatic heterocycles. The number of benzene rings is 1. The second kappa shape index (κ2) is 4.64. The first-order chi connectivity index (χ1) is 10.0. The average molecular weight is 288 g/mol. The number of aromatic nitrogens is 1. The van der Waals surface area contributed by atoms with Crippen molar-refractivity contribution in [1.29, 1.82) is 0 Å². The number of carboxylic acids is 2. The molecule has 7 nitrogen and oxygen atoms in total. The number of hydroxylamine groups is 1. The number of aromatic amines is 1. The van der Waals surface area contributed by atoms with Crippen LogP contribution in [0.4, 0.5) is 0 Å². The minimum atomic E-state index is -1.74. The number of carboxylic acid groups (broad SMARTS) is 2. The van der Waals surface area contributed by atoms with Gasteiger partial charge in [-0.25, -0.2) is 9.59 Å². The van der Waals surface area contributed by atoms with E-state index in [2.05, 4.69) is 10.5 Å². The van der Waals surface area contributed by atoms with Crippen LogP contribution in [-0.4, -0.2) is 32.7 Å². The Labute approximate surface area is 118 Å². The molecule has 0 radical (unpaired) electrons. The molecular formula is C14H12N2O5. The van der Waals surface area contributed by atoms with E-state index in [-0.39, 0.29) is 12.1 Å². The van der Waals surface area contributed by atoms with E-state index >= 15 is 0 Å². The van der Waals surface area contributed by atoms with Crippen molar-refractivity contribution in [2.45, 2.75) is 12.0 Å². The summed E-state index contributed by atoms with van der Waals surface area (Å²) in [5.74, 6) is -2.52. The summed E-state index contributed by atoms with van der Waals surface area (Å²) in [6.45, 7) is 0. The van der Waals surface area contributed by atoms with Gasteiger partial charge in [-0.2, -0.15) is 0 Å². The number of para-hydroxylation sites is 1. The van der Waals surface area contributed by atoms with Crippen LogP contribution in [0.3, 0.4) is 0 Å². The molecule has 0 amide bonds. The van der Waals surface area contributed by atoms with E-state index in [1.165, 1.54) is 0 Å². The maximum atomic E-state index is 11.5. The molecule has 0 saturated carbocycles. The van der Waals surface area contributed by atoms with Gasteiger partial charge in [-0.05, 0) is 17.7 Å². The minimum Gasteiger partial charge on any atom is -0.479 e. The molecular weight excluding hydrogens is 276 g/mol. The molecule has 21 heavy (non-hydrogen) atoms. The summed E-state index contributed by atoms with van der Waals surface area (Å²) in [6.07, 6.45) is 2.79. The van der Waals surface area contributed by atoms with Crippen LogP contribution in [0.15, 0.2) is 42.2 Å². The highest BCUT2D eigenvalue weighted by Crippen LogP contribution is 2.29. The summed E-state index contributed by atoms with van der Waals surface area (Å²) < 4.78 is 0. The molecule has 1 aliphatic rings. The van der Waals surface area contributed by atoms with Crippen LogP contribution < -0.4 is 5.48 Å². The fourth-order valence-corrected chi connectivity index (χ4v) is 2.37. The second-order valence-electron chi connectivity index (χ2n) is 4.80. The first kappa shape index (κ1) is 13.2. The van der Waals surface area contributed by atoms with Crippen molar-refractivity contribution < 1.29 is 24.6 Å². The van der Waals surface area contributed by atoms with Crippen LogP contribution in [0.5, 0.6) is 0 Å². The standard InChI is InChI=1S/C14H12N2O5/c17-12(18)11-6-14(13(19)20,21-16-11)5-8-7-15-10-4-2-1-3-9(8)10/h1-4,6-7,15-16H,5H2,(H,17,18)(H,19,20). The van der Waals surface area contributed by atoms with E-state index in [0.29, 0.717) is 0 Å². The van der Waals surface area contributed by atoms with Gasteiger partial charge < -0.3 is 15.2 Å². The van der Waals surface area contributed by atoms with Crippen molar-refractivity contribution in [3.8, 4) is 0 Å². The Morgan fingerprint density at radius 3 is 2.67 bits per heavy atom. The number of hydrogen-bond acceptors (Lipinski definition) is 4. The van der Waals surface area contributed by atoms with Gasteiger partial charge in [0.15, 0.2) is 0 Å². The van der Waals surface area contributed by atoms with Gasteiger partial charge in [-0.3, -0.25) is 10.3 Å². The molecule has 1 unspecified atom stereocenters. The number of nitrogens with one attached hydrogen (secondary N) is 2. The molecule has 108 valence electrons. The molecule has 1 aromatic carbocycles. The van der Waals surface area contributed by atoms with Gasteiger partial charge in [0.25, 0.3) is 0 Å². The average Bonchev–Trinajstić information content (AvgIpc) is 3.05. The highest BCUT2D eigenvalue weighted by Gasteiger charge is 2.45. The Balaban J connectivity index is 2.01. The van der Waals surface area contributed by atoms with Crippen molar-refractivity contribution >= 4 is 22.8 Å². The zero-order valence-electron chi connectivity index (χ0n) is 10.8. The van der Waals surface area contributed by atoms with E-state index in [0.717, 1.165) is 22.5 Å². The molecule has 0 fully saturated rings. The van der Waals surface area contributed by atoms with E-state index in [1.54, 1.807) is 6.20 Å². The first-order valence-corrected chi connectivity index (χ1v) is 6.20. The predicted molar refractivity (Wildman–Crippen MR) is 72.3 cm³/mol. The fraction of sp³-hybridized carbons (Fsp3) is 0.143. The fourth-order valence-electron chi connectivity index (χ4n) is 2.37. The summed E-state index contributed by atoms with van der Waals surface area (Å²) in [6, 6.07) is 7.45. The lowest BCUT2D eigenvalue weighted by Crippen LogP contribution is -2.41. The van der Waals surface area contributed by atoms with Crippen molar-refractivity contribution in [3.63, 3.8) is 0 Å². The minimum absolute atomic E-state index is 0.0100. The van der Waals surface area contributed by atoms with Crippen molar-refractivity contribution in [2.24, 2.45) is 0 Å². The lowest BCUT2D eigenvalue weighted by atomic mass is 9.93. The van der Waals surface area contributed by atoms with Crippen molar-refractivity contribution in [3.05, 3.63) is 47.8 Å². The Morgan fingerprint density at radius 2 is 2.00 bits per heavy atom. The molecule has 0 saturated heterocycles. The van der Waals surface area contributed by atoms with Gasteiger partial charge in [-0.1, -0.05) is 18.2 Å². The number of aliphatic carboxylic acids is 2. The molecule has 4 N–H and O–H groups in total. The largest absolute Gasteiger partial charge is 0.479 e. The van der Waals surface area contributed by atoms with Gasteiger partial charge >= 0.3 is 11.9 Å². The summed E-state index contributed by atoms with van der Waals surface area (Å²) in [5.41, 5.74) is 1.75. The number of H-pyrrole nitrogens is 1. The summed E-state index contributed by atoms with van der Waals surface area (Å²) in [5, 5.41) is 19.2. The molecule has 3 rings (SSSR count). The monoisotopic (exact) mass is 288 g/mol. The SMILES string of the molecule is O=C(O)C1=CC(Cc2c[nH]c3ccccc23)(C(=O)O)ON1. The van der Waals surface area contributed by atoms with Crippen molar-refractivity contribution in [1.82, 2.24) is 10.5 Å². The van der Waals surface area contributed by atoms with Gasteiger partial charge in [0.2, 0.25) is 5.60 Å². The lowest BCUT2D eigenvalue weighted by molar-refractivity contribution is -0.163. The third-order valence-electron chi connectivity index (χ3n) is 3.44. The third kappa shape index (κ3) is 2.13. The Kier molecular flexibility index (Phi) is 2.91. The molecule has 2 heterocycles. The maximum absolute atomic E-state index is 11.5. The first-order valence-electron chi connectivity index (χ1n) is 6.20. The highest BCUT2D eigenvalue weighted by molar-refractivity contribution is 5.91. The molecule has 0 spiro atoms. The van der Waals surface area contributed by atoms with Crippen molar-refractivity contribution in [2.75, 3.05) is 0 Å². The van der Waals surface area contributed by atoms with E-state index in [4.69, 9.17) is 9.94 Å². The Bertz CT molecular complexity index is 764. The van der Waals surface area contributed by atoms with E-state index < -0.39 is 17.5 Å². The van der Waals surface area contributed by atoms with Crippen LogP contribution in [0.2, 0.25) is 0 Å². The van der Waals surface area contributed by atoms with E-state index in [1.807, 2.05) is 24.3 Å². The molecule has 0 aliphatic carbocycles. The Morgan fingerprint density at radius 1 is 1.24 bits per heavy atom. The number of rotatable bonds is 4. The molecule has 2 aromatic rings. The van der Waals surface area contributed by atoms with Crippen LogP contribution in [-0.2, 0) is 20.8 Å². The van der Waals surface area contributed by atoms with Gasteiger partial charge in [0.05, 0.1) is 0 Å². The lowest BCUT2D eigenvalue weighted by Gasteiger charge is -2.19. The predicted octanol–water partition coefficient (Wildman–Crippen LogP) is 1.04. The van der Waals surface area contributed by atoms with Crippen LogP contribution in [0.25, 0.3) is 10.9 Å². The third-order valence-corrected chi connectivity index (χ3v) is 3.44. The van der Waals surface area contributed by atoms with Gasteiger partial charge in [0.1, 0.15) is 5.70 Å². The zero-order chi connectivity index (χ0) is 15.0. The highest BCUT2D eigenvalue weighted by atomic mass is 16.7. The normalized spacial score (nSPS) is 21.0. The molecule has 0 bridgehead atoms. The van der Waals surface area contributed by atoms with Gasteiger partial charge in [-0.15, -0.1) is 0 Å². The van der Waals surface area contributed by atoms with Crippen LogP contribution in [0.1, 0.15) is 5.56 Å². The van der Waals surface area contributed by atoms with E-state index in [9.17, 15) is 14.7 Å². The van der Waals surface area contributed by atoms with Crippen LogP contribution >= 0.6 is 0 Å². The maximum Gasteiger partial charge on any atom is 0.354 e. The van der Waals surface area contributed by atoms with Gasteiger partial charge in [0, 0.05) is 23.5 Å². The summed E-state index contributed by atoms with van der Waals surface area (Å²) in [4.78, 5) is 30.6. The number of carbonyl (C=O) groups is 2. The quantitative estimate of drug-likeness (QED) is 0.668. The number of fused-ring (bicyclic) bond motifs is 1. The van der Waals surface area contributed by atoms with Crippen LogP contribution in [0, 0.1) is 0 Å². The molecule has 1 atom stereocenters.